The number of rotatable bonds is 9. The Kier molecular flexibility index (Phi) is 6.82. The number of hydrogen-bond acceptors (Lipinski definition) is 6. The normalized spacial score (nSPS) is 12.9. The molecule has 1 amide bonds. The number of nitrogens with one attached hydrogen (secondary N) is 1. The fraction of sp³-hybridized carbons (Fsp3) is 0.350. The average Bonchev–Trinajstić information content (AvgIpc) is 2.75. The van der Waals surface area contributed by atoms with Crippen LogP contribution >= 0.6 is 0 Å². The van der Waals surface area contributed by atoms with Gasteiger partial charge in [0, 0.05) is 6.07 Å². The Morgan fingerprint density at radius 2 is 1.83 bits per heavy atom. The smallest absolute Gasteiger partial charge is 0.240 e. The van der Waals surface area contributed by atoms with Crippen LogP contribution < -0.4 is 23.8 Å². The number of ether oxygens (including phenoxy) is 3. The van der Waals surface area contributed by atoms with E-state index in [9.17, 15) is 13.2 Å². The Labute approximate surface area is 170 Å². The van der Waals surface area contributed by atoms with E-state index in [1.807, 2.05) is 30.3 Å². The van der Waals surface area contributed by atoms with Crippen molar-refractivity contribution in [1.29, 1.82) is 0 Å². The Morgan fingerprint density at radius 1 is 1.10 bits per heavy atom. The molecule has 9 heteroatoms. The van der Waals surface area contributed by atoms with Gasteiger partial charge in [0.2, 0.25) is 15.9 Å². The molecule has 2 aromatic rings. The highest BCUT2D eigenvalue weighted by Gasteiger charge is 2.25. The van der Waals surface area contributed by atoms with Crippen LogP contribution in [0.5, 0.6) is 17.2 Å². The molecule has 1 aliphatic heterocycles. The molecule has 0 atom stereocenters. The molecule has 0 fully saturated rings. The molecule has 3 rings (SSSR count). The number of sulfonamides is 1. The highest BCUT2D eigenvalue weighted by Crippen LogP contribution is 2.34. The lowest BCUT2D eigenvalue weighted by atomic mass is 10.2. The number of fused-ring (bicyclic) bond motifs is 1. The van der Waals surface area contributed by atoms with E-state index in [0.29, 0.717) is 36.1 Å². The topological polar surface area (TPSA) is 94.2 Å². The third-order valence-electron chi connectivity index (χ3n) is 4.24. The van der Waals surface area contributed by atoms with E-state index < -0.39 is 15.9 Å². The highest BCUT2D eigenvalue weighted by atomic mass is 32.2. The quantitative estimate of drug-likeness (QED) is 0.622. The molecule has 2 aromatic carbocycles. The maximum absolute atomic E-state index is 12.6. The van der Waals surface area contributed by atoms with Gasteiger partial charge < -0.3 is 19.5 Å². The van der Waals surface area contributed by atoms with Gasteiger partial charge in [-0.15, -0.1) is 0 Å². The van der Waals surface area contributed by atoms with E-state index in [2.05, 4.69) is 5.32 Å². The molecular formula is C20H24N2O6S. The van der Waals surface area contributed by atoms with Gasteiger partial charge in [0.15, 0.2) is 11.5 Å². The van der Waals surface area contributed by atoms with Gasteiger partial charge in [-0.2, -0.15) is 0 Å². The Balaban J connectivity index is 1.62. The zero-order chi connectivity index (χ0) is 20.7. The van der Waals surface area contributed by atoms with Crippen molar-refractivity contribution in [3.8, 4) is 17.2 Å². The van der Waals surface area contributed by atoms with Crippen LogP contribution in [0.15, 0.2) is 48.5 Å². The molecule has 0 spiro atoms. The zero-order valence-electron chi connectivity index (χ0n) is 16.2. The van der Waals surface area contributed by atoms with Crippen molar-refractivity contribution in [1.82, 2.24) is 5.32 Å². The van der Waals surface area contributed by atoms with Gasteiger partial charge in [0.25, 0.3) is 0 Å². The van der Waals surface area contributed by atoms with Crippen molar-refractivity contribution >= 4 is 21.6 Å². The van der Waals surface area contributed by atoms with E-state index in [4.69, 9.17) is 14.2 Å². The van der Waals surface area contributed by atoms with Gasteiger partial charge in [-0.3, -0.25) is 9.10 Å². The minimum atomic E-state index is -3.66. The first-order valence-electron chi connectivity index (χ1n) is 9.34. The van der Waals surface area contributed by atoms with Crippen LogP contribution in [0.4, 0.5) is 5.69 Å². The second kappa shape index (κ2) is 9.51. The molecule has 8 nitrogen and oxygen atoms in total. The zero-order valence-corrected chi connectivity index (χ0v) is 17.0. The first-order valence-corrected chi connectivity index (χ1v) is 10.9. The van der Waals surface area contributed by atoms with Crippen LogP contribution in [-0.2, 0) is 14.8 Å². The van der Waals surface area contributed by atoms with Gasteiger partial charge in [-0.05, 0) is 31.2 Å². The molecule has 1 aliphatic rings. The van der Waals surface area contributed by atoms with Gasteiger partial charge in [0.1, 0.15) is 32.1 Å². The number of amides is 1. The summed E-state index contributed by atoms with van der Waals surface area (Å²) < 4.78 is 42.7. The third kappa shape index (κ3) is 5.54. The first-order chi connectivity index (χ1) is 14.0. The van der Waals surface area contributed by atoms with Crippen molar-refractivity contribution in [2.75, 3.05) is 43.0 Å². The van der Waals surface area contributed by atoms with Crippen LogP contribution in [-0.4, -0.2) is 53.0 Å². The lowest BCUT2D eigenvalue weighted by Crippen LogP contribution is -2.42. The summed E-state index contributed by atoms with van der Waals surface area (Å²) in [6.07, 6.45) is 0. The molecule has 1 heterocycles. The van der Waals surface area contributed by atoms with Crippen molar-refractivity contribution in [3.05, 3.63) is 48.5 Å². The maximum Gasteiger partial charge on any atom is 0.240 e. The van der Waals surface area contributed by atoms with E-state index in [-0.39, 0.29) is 25.4 Å². The van der Waals surface area contributed by atoms with E-state index in [0.717, 1.165) is 4.31 Å². The van der Waals surface area contributed by atoms with Crippen LogP contribution in [0.1, 0.15) is 6.92 Å². The molecule has 29 heavy (non-hydrogen) atoms. The minimum absolute atomic E-state index is 0.133. The second-order valence-electron chi connectivity index (χ2n) is 6.25. The third-order valence-corrected chi connectivity index (χ3v) is 5.98. The Hall–Kier alpha value is -2.94. The van der Waals surface area contributed by atoms with E-state index in [1.54, 1.807) is 18.2 Å². The molecule has 156 valence electrons. The highest BCUT2D eigenvalue weighted by molar-refractivity contribution is 7.92. The molecule has 0 unspecified atom stereocenters. The number of benzene rings is 2. The number of para-hydroxylation sites is 1. The first kappa shape index (κ1) is 20.8. The fourth-order valence-corrected chi connectivity index (χ4v) is 3.82. The van der Waals surface area contributed by atoms with Crippen LogP contribution in [0, 0.1) is 0 Å². The Bertz CT molecular complexity index is 933. The van der Waals surface area contributed by atoms with Gasteiger partial charge in [-0.25, -0.2) is 8.42 Å². The fourth-order valence-electron chi connectivity index (χ4n) is 2.76. The van der Waals surface area contributed by atoms with Crippen LogP contribution in [0.25, 0.3) is 0 Å². The summed E-state index contributed by atoms with van der Waals surface area (Å²) in [5, 5.41) is 2.69. The second-order valence-corrected chi connectivity index (χ2v) is 8.43. The van der Waals surface area contributed by atoms with Crippen molar-refractivity contribution in [3.63, 3.8) is 0 Å². The lowest BCUT2D eigenvalue weighted by molar-refractivity contribution is -0.119. The SMILES string of the molecule is CCS(=O)(=O)N(CC(=O)NCCOc1ccccc1)c1ccc2c(c1)OCCO2. The summed E-state index contributed by atoms with van der Waals surface area (Å²) in [4.78, 5) is 12.4. The van der Waals surface area contributed by atoms with Crippen molar-refractivity contribution < 1.29 is 27.4 Å². The van der Waals surface area contributed by atoms with Crippen LogP contribution in [0.3, 0.4) is 0 Å². The van der Waals surface area contributed by atoms with Crippen molar-refractivity contribution in [2.45, 2.75) is 6.92 Å². The summed E-state index contributed by atoms with van der Waals surface area (Å²) in [6.45, 7) is 2.57. The summed E-state index contributed by atoms with van der Waals surface area (Å²) in [5.41, 5.74) is 0.354. The molecule has 0 aromatic heterocycles. The van der Waals surface area contributed by atoms with E-state index >= 15 is 0 Å². The Morgan fingerprint density at radius 3 is 2.55 bits per heavy atom. The summed E-state index contributed by atoms with van der Waals surface area (Å²) in [6, 6.07) is 14.1. The monoisotopic (exact) mass is 420 g/mol. The number of anilines is 1. The minimum Gasteiger partial charge on any atom is -0.492 e. The number of carbonyl (C=O) groups excluding carboxylic acids is 1. The van der Waals surface area contributed by atoms with Crippen molar-refractivity contribution in [2.24, 2.45) is 0 Å². The van der Waals surface area contributed by atoms with Gasteiger partial charge in [-0.1, -0.05) is 18.2 Å². The summed E-state index contributed by atoms with van der Waals surface area (Å²) >= 11 is 0. The molecule has 0 saturated carbocycles. The predicted octanol–water partition coefficient (Wildman–Crippen LogP) is 1.81. The molecule has 0 aliphatic carbocycles. The average molecular weight is 420 g/mol. The van der Waals surface area contributed by atoms with Gasteiger partial charge >= 0.3 is 0 Å². The molecule has 0 bridgehead atoms. The maximum atomic E-state index is 12.6. The summed E-state index contributed by atoms with van der Waals surface area (Å²) in [5.74, 6) is 1.16. The largest absolute Gasteiger partial charge is 0.492 e. The summed E-state index contributed by atoms with van der Waals surface area (Å²) in [7, 11) is -3.66. The van der Waals surface area contributed by atoms with Gasteiger partial charge in [0.05, 0.1) is 18.0 Å². The standard InChI is InChI=1S/C20H24N2O6S/c1-2-29(24,25)22(16-8-9-18-19(14-16)28-13-12-27-18)15-20(23)21-10-11-26-17-6-4-3-5-7-17/h3-9,14H,2,10-13,15H2,1H3,(H,21,23). The number of hydrogen-bond donors (Lipinski definition) is 1. The number of carbonyl (C=O) groups is 1. The molecule has 1 N–H and O–H groups in total. The number of nitrogens with zero attached hydrogens (tertiary/aromatic N) is 1. The molecule has 0 saturated heterocycles. The molecule has 0 radical (unpaired) electrons. The van der Waals surface area contributed by atoms with Crippen LogP contribution in [0.2, 0.25) is 0 Å². The molecular weight excluding hydrogens is 396 g/mol. The van der Waals surface area contributed by atoms with E-state index in [1.165, 1.54) is 6.92 Å². The predicted molar refractivity (Wildman–Crippen MR) is 109 cm³/mol. The lowest BCUT2D eigenvalue weighted by Gasteiger charge is -2.25.